The third kappa shape index (κ3) is 3.83. The Balaban J connectivity index is 2.95. The second-order valence-electron chi connectivity index (χ2n) is 6.81. The zero-order chi connectivity index (χ0) is 16.4. The largest absolute Gasteiger partial charge is 0.481 e. The van der Waals surface area contributed by atoms with Gasteiger partial charge in [0.15, 0.2) is 0 Å². The van der Waals surface area contributed by atoms with Gasteiger partial charge in [-0.1, -0.05) is 6.92 Å². The minimum Gasteiger partial charge on any atom is -0.481 e. The van der Waals surface area contributed by atoms with Crippen molar-refractivity contribution in [2.45, 2.75) is 53.5 Å². The van der Waals surface area contributed by atoms with Crippen molar-refractivity contribution < 1.29 is 14.7 Å². The van der Waals surface area contributed by atoms with E-state index in [0.29, 0.717) is 12.0 Å². The first-order valence-electron chi connectivity index (χ1n) is 7.09. The number of aliphatic carboxylic acids is 1. The highest BCUT2D eigenvalue weighted by Crippen LogP contribution is 2.20. The number of aromatic nitrogens is 2. The summed E-state index contributed by atoms with van der Waals surface area (Å²) in [5.41, 5.74) is 0.161. The second kappa shape index (κ2) is 5.87. The van der Waals surface area contributed by atoms with E-state index in [2.05, 4.69) is 10.4 Å². The molecule has 21 heavy (non-hydrogen) atoms. The van der Waals surface area contributed by atoms with Crippen LogP contribution in [0.3, 0.4) is 0 Å². The molecule has 0 unspecified atom stereocenters. The average Bonchev–Trinajstić information content (AvgIpc) is 2.79. The Kier molecular flexibility index (Phi) is 4.81. The number of carbonyl (C=O) groups is 2. The van der Waals surface area contributed by atoms with Crippen molar-refractivity contribution in [2.75, 3.05) is 6.54 Å². The minimum absolute atomic E-state index is 0.0744. The van der Waals surface area contributed by atoms with Gasteiger partial charge in [-0.05, 0) is 41.0 Å². The van der Waals surface area contributed by atoms with Gasteiger partial charge in [-0.15, -0.1) is 0 Å². The van der Waals surface area contributed by atoms with Crippen LogP contribution in [-0.2, 0) is 16.8 Å². The summed E-state index contributed by atoms with van der Waals surface area (Å²) in [6.45, 7) is 11.3. The van der Waals surface area contributed by atoms with Crippen LogP contribution in [0.1, 0.15) is 57.6 Å². The van der Waals surface area contributed by atoms with Gasteiger partial charge in [-0.25, -0.2) is 0 Å². The van der Waals surface area contributed by atoms with E-state index in [1.807, 2.05) is 32.4 Å². The lowest BCUT2D eigenvalue weighted by molar-refractivity contribution is -0.146. The predicted octanol–water partition coefficient (Wildman–Crippen LogP) is 2.04. The summed E-state index contributed by atoms with van der Waals surface area (Å²) in [6.07, 6.45) is 2.23. The standard InChI is InChI=1S/C15H25N3O3/c1-7-11-10(8-17-18(11)14(2,3)4)12(19)16-9-15(5,6)13(20)21/h8H,7,9H2,1-6H3,(H,16,19)(H,20,21). The Bertz CT molecular complexity index is 539. The molecule has 0 atom stereocenters. The van der Waals surface area contributed by atoms with Gasteiger partial charge < -0.3 is 10.4 Å². The van der Waals surface area contributed by atoms with Crippen LogP contribution >= 0.6 is 0 Å². The number of nitrogens with one attached hydrogen (secondary N) is 1. The molecule has 1 rings (SSSR count). The van der Waals surface area contributed by atoms with E-state index < -0.39 is 11.4 Å². The van der Waals surface area contributed by atoms with Gasteiger partial charge >= 0.3 is 5.97 Å². The first-order chi connectivity index (χ1) is 9.50. The average molecular weight is 295 g/mol. The fraction of sp³-hybridized carbons (Fsp3) is 0.667. The lowest BCUT2D eigenvalue weighted by Gasteiger charge is -2.23. The summed E-state index contributed by atoms with van der Waals surface area (Å²) in [7, 11) is 0. The van der Waals surface area contributed by atoms with Gasteiger partial charge in [0.2, 0.25) is 0 Å². The maximum absolute atomic E-state index is 12.3. The molecular weight excluding hydrogens is 270 g/mol. The molecule has 118 valence electrons. The van der Waals surface area contributed by atoms with Crippen LogP contribution in [0.15, 0.2) is 6.20 Å². The molecule has 0 spiro atoms. The predicted molar refractivity (Wildman–Crippen MR) is 80.4 cm³/mol. The molecule has 0 radical (unpaired) electrons. The summed E-state index contributed by atoms with van der Waals surface area (Å²) in [5.74, 6) is -1.22. The molecule has 1 aromatic rings. The van der Waals surface area contributed by atoms with Crippen LogP contribution in [0.25, 0.3) is 0 Å². The maximum Gasteiger partial charge on any atom is 0.310 e. The molecule has 0 aliphatic carbocycles. The molecule has 0 saturated carbocycles. The fourth-order valence-electron chi connectivity index (χ4n) is 1.95. The molecule has 1 aromatic heterocycles. The van der Waals surface area contributed by atoms with Gasteiger partial charge in [0.05, 0.1) is 28.4 Å². The Morgan fingerprint density at radius 1 is 1.29 bits per heavy atom. The number of hydrogen-bond donors (Lipinski definition) is 2. The summed E-state index contributed by atoms with van der Waals surface area (Å²) in [5, 5.41) is 16.1. The van der Waals surface area contributed by atoms with Gasteiger partial charge in [-0.2, -0.15) is 5.10 Å². The van der Waals surface area contributed by atoms with Gasteiger partial charge in [-0.3, -0.25) is 14.3 Å². The zero-order valence-corrected chi connectivity index (χ0v) is 13.6. The summed E-state index contributed by atoms with van der Waals surface area (Å²) >= 11 is 0. The minimum atomic E-state index is -0.998. The smallest absolute Gasteiger partial charge is 0.310 e. The summed E-state index contributed by atoms with van der Waals surface area (Å²) < 4.78 is 1.84. The molecule has 0 aliphatic heterocycles. The van der Waals surface area contributed by atoms with Crippen molar-refractivity contribution in [3.05, 3.63) is 17.5 Å². The number of rotatable bonds is 5. The summed E-state index contributed by atoms with van der Waals surface area (Å²) in [6, 6.07) is 0. The SMILES string of the molecule is CCc1c(C(=O)NCC(C)(C)C(=O)O)cnn1C(C)(C)C. The first kappa shape index (κ1) is 17.2. The van der Waals surface area contributed by atoms with Gasteiger partial charge in [0, 0.05) is 6.54 Å². The van der Waals surface area contributed by atoms with Crippen molar-refractivity contribution in [3.63, 3.8) is 0 Å². The van der Waals surface area contributed by atoms with E-state index >= 15 is 0 Å². The number of carbonyl (C=O) groups excluding carboxylic acids is 1. The van der Waals surface area contributed by atoms with Crippen molar-refractivity contribution >= 4 is 11.9 Å². The molecular formula is C15H25N3O3. The Hall–Kier alpha value is -1.85. The molecule has 0 aliphatic rings. The molecule has 1 heterocycles. The number of carboxylic acids is 1. The monoisotopic (exact) mass is 295 g/mol. The number of nitrogens with zero attached hydrogens (tertiary/aromatic N) is 2. The second-order valence-corrected chi connectivity index (χ2v) is 6.81. The van der Waals surface area contributed by atoms with Crippen LogP contribution in [0.2, 0.25) is 0 Å². The van der Waals surface area contributed by atoms with Gasteiger partial charge in [0.25, 0.3) is 5.91 Å². The quantitative estimate of drug-likeness (QED) is 0.870. The summed E-state index contributed by atoms with van der Waals surface area (Å²) in [4.78, 5) is 23.3. The van der Waals surface area contributed by atoms with Crippen molar-refractivity contribution in [2.24, 2.45) is 5.41 Å². The third-order valence-electron chi connectivity index (χ3n) is 3.35. The highest BCUT2D eigenvalue weighted by Gasteiger charge is 2.29. The Labute approximate surface area is 125 Å². The highest BCUT2D eigenvalue weighted by atomic mass is 16.4. The van der Waals surface area contributed by atoms with E-state index in [9.17, 15) is 9.59 Å². The molecule has 0 fully saturated rings. The van der Waals surface area contributed by atoms with E-state index in [-0.39, 0.29) is 18.0 Å². The Morgan fingerprint density at radius 3 is 2.29 bits per heavy atom. The maximum atomic E-state index is 12.3. The number of amides is 1. The van der Waals surface area contributed by atoms with Crippen LogP contribution in [0.4, 0.5) is 0 Å². The van der Waals surface area contributed by atoms with Crippen LogP contribution < -0.4 is 5.32 Å². The molecule has 0 bridgehead atoms. The van der Waals surface area contributed by atoms with Crippen LogP contribution in [0.5, 0.6) is 0 Å². The van der Waals surface area contributed by atoms with Crippen LogP contribution in [0, 0.1) is 5.41 Å². The van der Waals surface area contributed by atoms with Crippen LogP contribution in [-0.4, -0.2) is 33.3 Å². The van der Waals surface area contributed by atoms with Crippen molar-refractivity contribution in [3.8, 4) is 0 Å². The van der Waals surface area contributed by atoms with E-state index in [4.69, 9.17) is 5.11 Å². The number of hydrogen-bond acceptors (Lipinski definition) is 3. The lowest BCUT2D eigenvalue weighted by Crippen LogP contribution is -2.39. The normalized spacial score (nSPS) is 12.3. The highest BCUT2D eigenvalue weighted by molar-refractivity contribution is 5.95. The lowest BCUT2D eigenvalue weighted by atomic mass is 9.94. The van der Waals surface area contributed by atoms with Crippen molar-refractivity contribution in [1.29, 1.82) is 0 Å². The van der Waals surface area contributed by atoms with Gasteiger partial charge in [0.1, 0.15) is 0 Å². The molecule has 6 nitrogen and oxygen atoms in total. The van der Waals surface area contributed by atoms with E-state index in [0.717, 1.165) is 5.69 Å². The van der Waals surface area contributed by atoms with Crippen molar-refractivity contribution in [1.82, 2.24) is 15.1 Å². The molecule has 0 saturated heterocycles. The third-order valence-corrected chi connectivity index (χ3v) is 3.35. The Morgan fingerprint density at radius 2 is 1.86 bits per heavy atom. The molecule has 6 heteroatoms. The molecule has 0 aromatic carbocycles. The first-order valence-corrected chi connectivity index (χ1v) is 7.09. The van der Waals surface area contributed by atoms with E-state index in [1.54, 1.807) is 20.0 Å². The topological polar surface area (TPSA) is 84.2 Å². The molecule has 2 N–H and O–H groups in total. The van der Waals surface area contributed by atoms with E-state index in [1.165, 1.54) is 0 Å². The molecule has 1 amide bonds. The number of carboxylic acid groups (broad SMARTS) is 1. The fourth-order valence-corrected chi connectivity index (χ4v) is 1.95. The zero-order valence-electron chi connectivity index (χ0n) is 13.6.